The Morgan fingerprint density at radius 3 is 2.54 bits per heavy atom. The van der Waals surface area contributed by atoms with Crippen LogP contribution in [0.2, 0.25) is 0 Å². The molecule has 5 rings (SSSR count). The van der Waals surface area contributed by atoms with Crippen LogP contribution in [0.4, 0.5) is 0 Å². The maximum atomic E-state index is 13.6. The van der Waals surface area contributed by atoms with E-state index in [0.29, 0.717) is 37.7 Å². The highest BCUT2D eigenvalue weighted by Crippen LogP contribution is 2.39. The largest absolute Gasteiger partial charge is 0.497 e. The molecule has 8 heteroatoms. The monoisotopic (exact) mass is 479 g/mol. The van der Waals surface area contributed by atoms with Crippen LogP contribution in [-0.2, 0) is 14.3 Å². The van der Waals surface area contributed by atoms with Crippen molar-refractivity contribution in [3.63, 3.8) is 0 Å². The zero-order valence-electron chi connectivity index (χ0n) is 20.7. The van der Waals surface area contributed by atoms with Crippen molar-refractivity contribution >= 4 is 11.6 Å². The molecule has 2 saturated heterocycles. The summed E-state index contributed by atoms with van der Waals surface area (Å²) >= 11 is 0. The van der Waals surface area contributed by atoms with Crippen molar-refractivity contribution in [2.45, 2.75) is 38.0 Å². The van der Waals surface area contributed by atoms with Crippen LogP contribution in [0.5, 0.6) is 11.5 Å². The number of carbonyl (C=O) groups is 1. The van der Waals surface area contributed by atoms with Gasteiger partial charge in [0.2, 0.25) is 0 Å². The number of aryl methyl sites for hydroxylation is 1. The van der Waals surface area contributed by atoms with Crippen LogP contribution in [-0.4, -0.2) is 74.4 Å². The van der Waals surface area contributed by atoms with E-state index in [1.165, 1.54) is 0 Å². The summed E-state index contributed by atoms with van der Waals surface area (Å²) < 4.78 is 22.7. The first-order valence-electron chi connectivity index (χ1n) is 12.2. The van der Waals surface area contributed by atoms with Crippen molar-refractivity contribution in [1.29, 1.82) is 0 Å². The van der Waals surface area contributed by atoms with E-state index < -0.39 is 5.79 Å². The second-order valence-corrected chi connectivity index (χ2v) is 9.37. The minimum atomic E-state index is -0.456. The van der Waals surface area contributed by atoms with Gasteiger partial charge >= 0.3 is 0 Å². The Morgan fingerprint density at radius 1 is 1.09 bits per heavy atom. The summed E-state index contributed by atoms with van der Waals surface area (Å²) in [7, 11) is 3.27. The lowest BCUT2D eigenvalue weighted by Crippen LogP contribution is -2.48. The van der Waals surface area contributed by atoms with Crippen molar-refractivity contribution in [2.75, 3.05) is 47.1 Å². The Labute approximate surface area is 206 Å². The minimum absolute atomic E-state index is 0.0280. The van der Waals surface area contributed by atoms with Crippen molar-refractivity contribution < 1.29 is 23.7 Å². The number of rotatable bonds is 6. The number of piperidine rings is 1. The fourth-order valence-corrected chi connectivity index (χ4v) is 5.18. The smallest absolute Gasteiger partial charge is 0.257 e. The van der Waals surface area contributed by atoms with Gasteiger partial charge in [0.25, 0.3) is 5.91 Å². The standard InChI is InChI=1S/C27H33N3O5/c1-19-5-4-6-20(15-19)23-17-24(22-8-7-21(32-2)16-25(22)33-3)30(28-23)26(31)18-29-11-9-27(10-12-29)34-13-14-35-27/h4-8,15-16,24H,9-14,17-18H2,1-3H3. The summed E-state index contributed by atoms with van der Waals surface area (Å²) in [6.07, 6.45) is 2.16. The van der Waals surface area contributed by atoms with E-state index in [1.54, 1.807) is 19.2 Å². The van der Waals surface area contributed by atoms with Crippen LogP contribution in [0.15, 0.2) is 47.6 Å². The van der Waals surface area contributed by atoms with Crippen LogP contribution >= 0.6 is 0 Å². The van der Waals surface area contributed by atoms with Gasteiger partial charge < -0.3 is 18.9 Å². The van der Waals surface area contributed by atoms with Crippen LogP contribution < -0.4 is 9.47 Å². The summed E-state index contributed by atoms with van der Waals surface area (Å²) in [5.41, 5.74) is 4.01. The maximum absolute atomic E-state index is 13.6. The number of hydrazone groups is 1. The van der Waals surface area contributed by atoms with Gasteiger partial charge in [-0.15, -0.1) is 0 Å². The van der Waals surface area contributed by atoms with Crippen LogP contribution in [0, 0.1) is 6.92 Å². The molecule has 1 spiro atoms. The average Bonchev–Trinajstić information content (AvgIpc) is 3.53. The van der Waals surface area contributed by atoms with E-state index in [1.807, 2.05) is 30.3 Å². The van der Waals surface area contributed by atoms with Gasteiger partial charge in [0.15, 0.2) is 5.79 Å². The molecule has 0 radical (unpaired) electrons. The molecule has 2 aromatic rings. The predicted octanol–water partition coefficient (Wildman–Crippen LogP) is 3.53. The number of likely N-dealkylation sites (tertiary alicyclic amines) is 1. The molecule has 0 aromatic heterocycles. The Kier molecular flexibility index (Phi) is 6.77. The van der Waals surface area contributed by atoms with Crippen LogP contribution in [0.25, 0.3) is 0 Å². The van der Waals surface area contributed by atoms with Gasteiger partial charge in [-0.2, -0.15) is 5.10 Å². The fourth-order valence-electron chi connectivity index (χ4n) is 5.18. The van der Waals surface area contributed by atoms with E-state index in [0.717, 1.165) is 48.3 Å². The molecule has 2 aromatic carbocycles. The topological polar surface area (TPSA) is 72.8 Å². The summed E-state index contributed by atoms with van der Waals surface area (Å²) in [4.78, 5) is 15.8. The minimum Gasteiger partial charge on any atom is -0.497 e. The molecule has 2 fully saturated rings. The van der Waals surface area contributed by atoms with Gasteiger partial charge in [-0.1, -0.05) is 29.8 Å². The zero-order valence-corrected chi connectivity index (χ0v) is 20.7. The summed E-state index contributed by atoms with van der Waals surface area (Å²) in [5.74, 6) is 0.908. The molecule has 0 N–H and O–H groups in total. The highest BCUT2D eigenvalue weighted by Gasteiger charge is 2.41. The van der Waals surface area contributed by atoms with Crippen molar-refractivity contribution in [3.8, 4) is 11.5 Å². The highest BCUT2D eigenvalue weighted by atomic mass is 16.7. The third kappa shape index (κ3) is 4.91. The molecule has 1 amide bonds. The van der Waals surface area contributed by atoms with Gasteiger partial charge in [0.1, 0.15) is 11.5 Å². The van der Waals surface area contributed by atoms with Crippen molar-refractivity contribution in [3.05, 3.63) is 59.2 Å². The van der Waals surface area contributed by atoms with E-state index in [9.17, 15) is 4.79 Å². The maximum Gasteiger partial charge on any atom is 0.257 e. The van der Waals surface area contributed by atoms with E-state index in [-0.39, 0.29) is 11.9 Å². The normalized spacial score (nSPS) is 21.9. The van der Waals surface area contributed by atoms with Gasteiger partial charge in [0.05, 0.1) is 45.7 Å². The summed E-state index contributed by atoms with van der Waals surface area (Å²) in [6.45, 7) is 5.17. The first-order chi connectivity index (χ1) is 17.0. The van der Waals surface area contributed by atoms with E-state index >= 15 is 0 Å². The zero-order chi connectivity index (χ0) is 24.4. The molecule has 3 heterocycles. The first kappa shape index (κ1) is 23.8. The number of carbonyl (C=O) groups excluding carboxylic acids is 1. The van der Waals surface area contributed by atoms with Gasteiger partial charge in [-0.3, -0.25) is 9.69 Å². The second-order valence-electron chi connectivity index (χ2n) is 9.37. The molecular weight excluding hydrogens is 446 g/mol. The molecule has 35 heavy (non-hydrogen) atoms. The molecule has 186 valence electrons. The van der Waals surface area contributed by atoms with Crippen LogP contribution in [0.3, 0.4) is 0 Å². The van der Waals surface area contributed by atoms with Gasteiger partial charge in [0, 0.05) is 44.0 Å². The molecule has 3 aliphatic rings. The quantitative estimate of drug-likeness (QED) is 0.631. The molecule has 0 aliphatic carbocycles. The molecular formula is C27H33N3O5. The third-order valence-corrected chi connectivity index (χ3v) is 7.11. The Hall–Kier alpha value is -2.94. The molecule has 0 saturated carbocycles. The predicted molar refractivity (Wildman–Crippen MR) is 132 cm³/mol. The number of ether oxygens (including phenoxy) is 4. The van der Waals surface area contributed by atoms with E-state index in [2.05, 4.69) is 24.0 Å². The summed E-state index contributed by atoms with van der Waals surface area (Å²) in [5, 5.41) is 6.50. The Morgan fingerprint density at radius 2 is 1.86 bits per heavy atom. The molecule has 1 unspecified atom stereocenters. The number of hydrogen-bond acceptors (Lipinski definition) is 7. The Balaban J connectivity index is 1.39. The lowest BCUT2D eigenvalue weighted by molar-refractivity contribution is -0.186. The second kappa shape index (κ2) is 9.97. The van der Waals surface area contributed by atoms with E-state index in [4.69, 9.17) is 24.0 Å². The van der Waals surface area contributed by atoms with Crippen molar-refractivity contribution in [1.82, 2.24) is 9.91 Å². The number of benzene rings is 2. The SMILES string of the molecule is COc1ccc(C2CC(c3cccc(C)c3)=NN2C(=O)CN2CCC3(CC2)OCCO3)c(OC)c1. The molecule has 8 nitrogen and oxygen atoms in total. The number of methoxy groups -OCH3 is 2. The van der Waals surface area contributed by atoms with Crippen molar-refractivity contribution in [2.24, 2.45) is 5.10 Å². The number of hydrogen-bond donors (Lipinski definition) is 0. The fraction of sp³-hybridized carbons (Fsp3) is 0.481. The average molecular weight is 480 g/mol. The lowest BCUT2D eigenvalue weighted by Gasteiger charge is -2.37. The third-order valence-electron chi connectivity index (χ3n) is 7.11. The van der Waals surface area contributed by atoms with Gasteiger partial charge in [-0.05, 0) is 24.6 Å². The first-order valence-corrected chi connectivity index (χ1v) is 12.2. The molecule has 3 aliphatic heterocycles. The highest BCUT2D eigenvalue weighted by molar-refractivity contribution is 6.03. The number of amides is 1. The number of nitrogens with zero attached hydrogens (tertiary/aromatic N) is 3. The lowest BCUT2D eigenvalue weighted by atomic mass is 9.96. The Bertz CT molecular complexity index is 1100. The van der Waals surface area contributed by atoms with Gasteiger partial charge in [-0.25, -0.2) is 5.01 Å². The molecule has 1 atom stereocenters. The summed E-state index contributed by atoms with van der Waals surface area (Å²) in [6, 6.07) is 13.7. The van der Waals surface area contributed by atoms with Crippen LogP contribution in [0.1, 0.15) is 42.0 Å². The molecule has 0 bridgehead atoms.